The van der Waals surface area contributed by atoms with Gasteiger partial charge in [0.1, 0.15) is 0 Å². The lowest BCUT2D eigenvalue weighted by molar-refractivity contribution is 0.114. The third kappa shape index (κ3) is 47.8. The third-order valence-electron chi connectivity index (χ3n) is 11.4. The Morgan fingerprint density at radius 1 is 0.298 bits per heavy atom. The van der Waals surface area contributed by atoms with Gasteiger partial charge in [-0.05, 0) is 142 Å². The van der Waals surface area contributed by atoms with Crippen molar-refractivity contribution in [1.29, 1.82) is 0 Å². The van der Waals surface area contributed by atoms with Crippen molar-refractivity contribution in [3.63, 3.8) is 0 Å². The molecule has 0 aromatic heterocycles. The van der Waals surface area contributed by atoms with Gasteiger partial charge in [0.25, 0.3) is 0 Å². The zero-order valence-electron chi connectivity index (χ0n) is 39.0. The molecule has 0 unspecified atom stereocenters. The molecule has 0 aromatic carbocycles. The van der Waals surface area contributed by atoms with E-state index in [1.807, 2.05) is 0 Å². The SMILES string of the molecule is CCCCCCCC/C=C/CCCCCCCCOCCCN(CCCN)CCCCN(CCCN)CCCOCCCCCCC/C=C/CCCCCCCC. The fraction of sp³-hybridized carbons (Fsp3) is 0.922. The fourth-order valence-corrected chi connectivity index (χ4v) is 7.68. The number of ether oxygens (including phenoxy) is 2. The van der Waals surface area contributed by atoms with Crippen LogP contribution in [0.2, 0.25) is 0 Å². The highest BCUT2D eigenvalue weighted by Gasteiger charge is 2.08. The quantitative estimate of drug-likeness (QED) is 0.0471. The molecule has 4 N–H and O–H groups in total. The Bertz CT molecular complexity index is 778. The van der Waals surface area contributed by atoms with Gasteiger partial charge in [-0.1, -0.05) is 147 Å². The van der Waals surface area contributed by atoms with Crippen LogP contribution in [-0.2, 0) is 9.47 Å². The molecule has 0 radical (unpaired) electrons. The van der Waals surface area contributed by atoms with E-state index in [9.17, 15) is 0 Å². The molecule has 0 aliphatic carbocycles. The molecule has 0 aliphatic rings. The monoisotopic (exact) mass is 805 g/mol. The van der Waals surface area contributed by atoms with Gasteiger partial charge in [-0.2, -0.15) is 0 Å². The average Bonchev–Trinajstić information content (AvgIpc) is 3.22. The molecule has 0 fully saturated rings. The molecule has 0 bridgehead atoms. The minimum atomic E-state index is 0.773. The van der Waals surface area contributed by atoms with Gasteiger partial charge in [-0.15, -0.1) is 0 Å². The normalized spacial score (nSPS) is 12.2. The van der Waals surface area contributed by atoms with Crippen molar-refractivity contribution in [1.82, 2.24) is 9.80 Å². The minimum absolute atomic E-state index is 0.773. The van der Waals surface area contributed by atoms with E-state index in [2.05, 4.69) is 48.0 Å². The first kappa shape index (κ1) is 56.2. The van der Waals surface area contributed by atoms with Crippen LogP contribution in [0.3, 0.4) is 0 Å². The standard InChI is InChI=1S/C51H104N4O2/c1-3-5-7-9-11-13-15-17-19-21-23-25-27-29-31-35-49-57-51-39-47-55(45-37-41-53)43-33-32-42-54(44-36-40-52)46-38-50-56-48-34-30-28-26-24-22-20-18-16-14-12-10-8-6-4-2/h17-20H,3-16,21-53H2,1-2H3/b19-17+,20-18+. The van der Waals surface area contributed by atoms with Crippen LogP contribution in [0.15, 0.2) is 24.3 Å². The number of hydrogen-bond acceptors (Lipinski definition) is 6. The summed E-state index contributed by atoms with van der Waals surface area (Å²) in [5, 5.41) is 0. The largest absolute Gasteiger partial charge is 0.381 e. The van der Waals surface area contributed by atoms with Crippen molar-refractivity contribution in [3.05, 3.63) is 24.3 Å². The second-order valence-corrected chi connectivity index (χ2v) is 17.1. The van der Waals surface area contributed by atoms with Crippen molar-refractivity contribution in [2.24, 2.45) is 11.5 Å². The number of rotatable bonds is 50. The summed E-state index contributed by atoms with van der Waals surface area (Å²) in [6, 6.07) is 0. The zero-order valence-corrected chi connectivity index (χ0v) is 39.0. The predicted octanol–water partition coefficient (Wildman–Crippen LogP) is 13.6. The van der Waals surface area contributed by atoms with Gasteiger partial charge in [0.05, 0.1) is 0 Å². The van der Waals surface area contributed by atoms with Crippen LogP contribution in [0.5, 0.6) is 0 Å². The Kier molecular flexibility index (Phi) is 50.7. The maximum Gasteiger partial charge on any atom is 0.0478 e. The molecule has 0 spiro atoms. The van der Waals surface area contributed by atoms with Crippen molar-refractivity contribution in [2.75, 3.05) is 78.8 Å². The minimum Gasteiger partial charge on any atom is -0.381 e. The van der Waals surface area contributed by atoms with Crippen molar-refractivity contribution < 1.29 is 9.47 Å². The number of hydrogen-bond donors (Lipinski definition) is 2. The summed E-state index contributed by atoms with van der Waals surface area (Å²) in [6.07, 6.45) is 52.9. The van der Waals surface area contributed by atoms with Crippen molar-refractivity contribution in [3.8, 4) is 0 Å². The lowest BCUT2D eigenvalue weighted by Gasteiger charge is -2.24. The third-order valence-corrected chi connectivity index (χ3v) is 11.4. The van der Waals surface area contributed by atoms with E-state index in [0.717, 1.165) is 91.4 Å². The van der Waals surface area contributed by atoms with E-state index in [0.29, 0.717) is 0 Å². The molecule has 0 aromatic rings. The van der Waals surface area contributed by atoms with Gasteiger partial charge in [0.15, 0.2) is 0 Å². The van der Waals surface area contributed by atoms with Gasteiger partial charge in [-0.25, -0.2) is 0 Å². The number of allylic oxidation sites excluding steroid dienone is 4. The highest BCUT2D eigenvalue weighted by Crippen LogP contribution is 2.12. The first-order valence-electron chi connectivity index (χ1n) is 25.6. The molecule has 6 nitrogen and oxygen atoms in total. The summed E-state index contributed by atoms with van der Waals surface area (Å²) in [6.45, 7) is 16.5. The lowest BCUT2D eigenvalue weighted by Crippen LogP contribution is -2.32. The highest BCUT2D eigenvalue weighted by molar-refractivity contribution is 4.82. The Labute approximate surface area is 358 Å². The molecule has 0 rings (SSSR count). The van der Waals surface area contributed by atoms with Gasteiger partial charge in [0.2, 0.25) is 0 Å². The van der Waals surface area contributed by atoms with Crippen molar-refractivity contribution >= 4 is 0 Å². The summed E-state index contributed by atoms with van der Waals surface area (Å²) in [5.41, 5.74) is 11.8. The van der Waals surface area contributed by atoms with Gasteiger partial charge < -0.3 is 30.7 Å². The lowest BCUT2D eigenvalue weighted by atomic mass is 10.1. The maximum atomic E-state index is 6.03. The van der Waals surface area contributed by atoms with Crippen LogP contribution >= 0.6 is 0 Å². The number of nitrogens with two attached hydrogens (primary N) is 2. The van der Waals surface area contributed by atoms with E-state index in [-0.39, 0.29) is 0 Å². The van der Waals surface area contributed by atoms with E-state index in [4.69, 9.17) is 20.9 Å². The van der Waals surface area contributed by atoms with Crippen LogP contribution in [0.1, 0.15) is 226 Å². The first-order chi connectivity index (χ1) is 28.3. The summed E-state index contributed by atoms with van der Waals surface area (Å²) in [5.74, 6) is 0. The topological polar surface area (TPSA) is 77.0 Å². The number of unbranched alkanes of at least 4 members (excludes halogenated alkanes) is 24. The summed E-state index contributed by atoms with van der Waals surface area (Å²) in [4.78, 5) is 5.24. The smallest absolute Gasteiger partial charge is 0.0478 e. The Morgan fingerprint density at radius 2 is 0.561 bits per heavy atom. The maximum absolute atomic E-state index is 6.03. The van der Waals surface area contributed by atoms with Gasteiger partial charge >= 0.3 is 0 Å². The summed E-state index contributed by atoms with van der Waals surface area (Å²) < 4.78 is 12.0. The molecular formula is C51H104N4O2. The van der Waals surface area contributed by atoms with E-state index in [1.165, 1.54) is 199 Å². The average molecular weight is 805 g/mol. The van der Waals surface area contributed by atoms with E-state index < -0.39 is 0 Å². The summed E-state index contributed by atoms with van der Waals surface area (Å²) in [7, 11) is 0. The summed E-state index contributed by atoms with van der Waals surface area (Å²) >= 11 is 0. The second-order valence-electron chi connectivity index (χ2n) is 17.1. The van der Waals surface area contributed by atoms with Crippen LogP contribution in [-0.4, -0.2) is 88.6 Å². The molecule has 6 heteroatoms. The molecule has 0 aliphatic heterocycles. The van der Waals surface area contributed by atoms with Crippen LogP contribution in [0.4, 0.5) is 0 Å². The molecule has 0 saturated carbocycles. The van der Waals surface area contributed by atoms with Gasteiger partial charge in [-0.3, -0.25) is 0 Å². The Hall–Kier alpha value is -0.760. The zero-order chi connectivity index (χ0) is 41.2. The predicted molar refractivity (Wildman–Crippen MR) is 255 cm³/mol. The fourth-order valence-electron chi connectivity index (χ4n) is 7.68. The molecule has 0 amide bonds. The van der Waals surface area contributed by atoms with E-state index >= 15 is 0 Å². The molecule has 0 atom stereocenters. The van der Waals surface area contributed by atoms with E-state index in [1.54, 1.807) is 0 Å². The first-order valence-corrected chi connectivity index (χ1v) is 25.6. The van der Waals surface area contributed by atoms with Crippen LogP contribution in [0.25, 0.3) is 0 Å². The van der Waals surface area contributed by atoms with Crippen LogP contribution in [0, 0.1) is 0 Å². The highest BCUT2D eigenvalue weighted by atomic mass is 16.5. The molecule has 0 heterocycles. The van der Waals surface area contributed by atoms with Crippen molar-refractivity contribution in [2.45, 2.75) is 226 Å². The van der Waals surface area contributed by atoms with Crippen LogP contribution < -0.4 is 11.5 Å². The molecule has 57 heavy (non-hydrogen) atoms. The number of nitrogens with zero attached hydrogens (tertiary/aromatic N) is 2. The Balaban J connectivity index is 3.79. The second kappa shape index (κ2) is 51.4. The van der Waals surface area contributed by atoms with Gasteiger partial charge in [0, 0.05) is 39.5 Å². The Morgan fingerprint density at radius 3 is 0.895 bits per heavy atom. The molecule has 0 saturated heterocycles. The molecule has 340 valence electrons. The molecular weight excluding hydrogens is 701 g/mol.